The predicted octanol–water partition coefficient (Wildman–Crippen LogP) is 4.42. The van der Waals surface area contributed by atoms with Crippen molar-refractivity contribution in [3.8, 4) is 23.0 Å². The van der Waals surface area contributed by atoms with Crippen LogP contribution in [0.1, 0.15) is 70.0 Å². The fourth-order valence-corrected chi connectivity index (χ4v) is 7.68. The van der Waals surface area contributed by atoms with E-state index in [-0.39, 0.29) is 44.5 Å². The summed E-state index contributed by atoms with van der Waals surface area (Å²) < 4.78 is 29.0. The predicted molar refractivity (Wildman–Crippen MR) is 214 cm³/mol. The molecule has 316 valence electrons. The molecule has 0 aliphatic carbocycles. The van der Waals surface area contributed by atoms with Crippen molar-refractivity contribution >= 4 is 40.3 Å². The zero-order chi connectivity index (χ0) is 42.8. The number of hydrazone groups is 1. The molecule has 1 amide bonds. The Morgan fingerprint density at radius 1 is 0.966 bits per heavy atom. The summed E-state index contributed by atoms with van der Waals surface area (Å²) in [5.74, 6) is -8.44. The number of carbonyl (C=O) groups excluding carboxylic acids is 3. The molecule has 6 rings (SSSR count). The van der Waals surface area contributed by atoms with E-state index in [4.69, 9.17) is 23.7 Å². The van der Waals surface area contributed by atoms with Gasteiger partial charge in [-0.3, -0.25) is 19.4 Å². The van der Waals surface area contributed by atoms with Gasteiger partial charge >= 0.3 is 11.8 Å². The number of carbonyl (C=O) groups is 3. The molecule has 16 nitrogen and oxygen atoms in total. The average molecular weight is 810 g/mol. The third kappa shape index (κ3) is 8.51. The van der Waals surface area contributed by atoms with Gasteiger partial charge in [0.25, 0.3) is 11.7 Å². The Bertz CT molecular complexity index is 2040. The monoisotopic (exact) mass is 809 g/mol. The van der Waals surface area contributed by atoms with Crippen LogP contribution in [0.2, 0.25) is 0 Å². The summed E-state index contributed by atoms with van der Waals surface area (Å²) in [4.78, 5) is 40.4. The number of phenols is 3. The van der Waals surface area contributed by atoms with E-state index < -0.39 is 88.8 Å². The number of phenolic OH excluding ortho intramolecular Hbond substituents is 3. The van der Waals surface area contributed by atoms with Crippen molar-refractivity contribution in [3.63, 3.8) is 0 Å². The summed E-state index contributed by atoms with van der Waals surface area (Å²) in [6.45, 7) is 14.1. The maximum atomic E-state index is 14.4. The molecule has 0 radical (unpaired) electrons. The lowest BCUT2D eigenvalue weighted by Gasteiger charge is -2.38. The molecule has 0 saturated carbocycles. The highest BCUT2D eigenvalue weighted by Gasteiger charge is 2.50. The lowest BCUT2D eigenvalue weighted by Crippen LogP contribution is -2.46. The third-order valence-electron chi connectivity index (χ3n) is 11.4. The number of anilines is 1. The number of aliphatic hydroxyl groups excluding tert-OH is 2. The number of ether oxygens (including phenoxy) is 5. The van der Waals surface area contributed by atoms with E-state index in [2.05, 4.69) is 10.4 Å². The van der Waals surface area contributed by atoms with Crippen LogP contribution in [0.4, 0.5) is 5.69 Å². The molecule has 2 aromatic rings. The Morgan fingerprint density at radius 3 is 2.28 bits per heavy atom. The van der Waals surface area contributed by atoms with Gasteiger partial charge in [-0.15, -0.1) is 0 Å². The molecule has 16 heteroatoms. The topological polar surface area (TPSA) is 226 Å². The number of benzene rings is 2. The van der Waals surface area contributed by atoms with E-state index in [1.807, 2.05) is 0 Å². The van der Waals surface area contributed by atoms with Crippen LogP contribution in [0.15, 0.2) is 41.2 Å². The largest absolute Gasteiger partial charge is 0.507 e. The highest BCUT2D eigenvalue weighted by atomic mass is 16.7. The summed E-state index contributed by atoms with van der Waals surface area (Å²) in [6.07, 6.45) is 4.76. The minimum Gasteiger partial charge on any atom is -0.507 e. The normalized spacial score (nSPS) is 32.1. The number of hydrogen-bond donors (Lipinski definition) is 6. The second-order valence-corrected chi connectivity index (χ2v) is 15.4. The zero-order valence-electron chi connectivity index (χ0n) is 34.3. The molecule has 2 aromatic carbocycles. The number of morpholine rings is 1. The smallest absolute Gasteiger partial charge is 0.312 e. The van der Waals surface area contributed by atoms with Gasteiger partial charge in [0, 0.05) is 61.2 Å². The quantitative estimate of drug-likeness (QED) is 0.109. The second kappa shape index (κ2) is 17.8. The molecule has 4 heterocycles. The molecule has 0 unspecified atom stereocenters. The zero-order valence-corrected chi connectivity index (χ0v) is 34.3. The van der Waals surface area contributed by atoms with Crippen LogP contribution in [-0.2, 0) is 28.5 Å². The fourth-order valence-electron chi connectivity index (χ4n) is 7.68. The van der Waals surface area contributed by atoms with Gasteiger partial charge in [-0.2, -0.15) is 5.10 Å². The van der Waals surface area contributed by atoms with Gasteiger partial charge in [-0.1, -0.05) is 45.9 Å². The van der Waals surface area contributed by atoms with Crippen LogP contribution in [0.3, 0.4) is 0 Å². The molecular weight excluding hydrogens is 754 g/mol. The van der Waals surface area contributed by atoms with E-state index in [1.54, 1.807) is 44.9 Å². The Labute approximate surface area is 337 Å². The van der Waals surface area contributed by atoms with Gasteiger partial charge in [0.05, 0.1) is 79.3 Å². The SMILES string of the molecule is CO[C@H]1/C=C/O[C@@]2(C)Oc3c(C)c(O)c4c(O)c(c(/C=N\N5CCOCC5)c(O)c4c3C2=O)NC(=O)/C(C)=C\C=C\[C@H](C)[C@H](O)[C@@H](C)[C@@H](O)[C@@H](C)[C@H](OC(C)=O)[C@@H]1C. The number of nitrogens with one attached hydrogen (secondary N) is 1. The summed E-state index contributed by atoms with van der Waals surface area (Å²) in [7, 11) is 1.43. The van der Waals surface area contributed by atoms with Crippen molar-refractivity contribution in [2.45, 2.75) is 85.6 Å². The maximum Gasteiger partial charge on any atom is 0.312 e. The van der Waals surface area contributed by atoms with E-state index in [0.29, 0.717) is 26.3 Å². The lowest BCUT2D eigenvalue weighted by molar-refractivity contribution is -0.160. The van der Waals surface area contributed by atoms with Crippen molar-refractivity contribution in [1.29, 1.82) is 0 Å². The molecule has 0 aromatic heterocycles. The van der Waals surface area contributed by atoms with Gasteiger partial charge in [0.1, 0.15) is 23.4 Å². The number of methoxy groups -OCH3 is 1. The first-order chi connectivity index (χ1) is 27.3. The number of Topliss-reactive ketones (excluding diaryl/α,β-unsaturated/α-hetero) is 1. The highest BCUT2D eigenvalue weighted by molar-refractivity contribution is 6.23. The average Bonchev–Trinajstić information content (AvgIpc) is 3.46. The van der Waals surface area contributed by atoms with Crippen molar-refractivity contribution in [2.24, 2.45) is 28.8 Å². The summed E-state index contributed by atoms with van der Waals surface area (Å²) in [6, 6.07) is 0. The molecule has 6 N–H and O–H groups in total. The van der Waals surface area contributed by atoms with Crippen molar-refractivity contribution in [1.82, 2.24) is 5.01 Å². The van der Waals surface area contributed by atoms with E-state index in [1.165, 1.54) is 59.4 Å². The third-order valence-corrected chi connectivity index (χ3v) is 11.4. The molecule has 4 aliphatic rings. The van der Waals surface area contributed by atoms with E-state index >= 15 is 0 Å². The summed E-state index contributed by atoms with van der Waals surface area (Å²) in [5, 5.41) is 66.4. The van der Waals surface area contributed by atoms with Gasteiger partial charge in [0.15, 0.2) is 5.75 Å². The number of ketones is 1. The second-order valence-electron chi connectivity index (χ2n) is 15.4. The first-order valence-corrected chi connectivity index (χ1v) is 19.3. The van der Waals surface area contributed by atoms with Gasteiger partial charge in [0.2, 0.25) is 0 Å². The number of allylic oxidation sites excluding steroid dienone is 2. The van der Waals surface area contributed by atoms with Crippen molar-refractivity contribution in [3.05, 3.63) is 52.8 Å². The molecule has 5 bridgehead atoms. The maximum absolute atomic E-state index is 14.4. The summed E-state index contributed by atoms with van der Waals surface area (Å²) >= 11 is 0. The first kappa shape index (κ1) is 44.0. The minimum atomic E-state index is -2.05. The number of nitrogens with zero attached hydrogens (tertiary/aromatic N) is 2. The number of aliphatic hydroxyl groups is 2. The van der Waals surface area contributed by atoms with Gasteiger partial charge < -0.3 is 54.5 Å². The summed E-state index contributed by atoms with van der Waals surface area (Å²) in [5.41, 5.74) is -0.426. The Hall–Kier alpha value is -5.16. The van der Waals surface area contributed by atoms with Crippen LogP contribution < -0.4 is 10.1 Å². The lowest BCUT2D eigenvalue weighted by atomic mass is 9.78. The van der Waals surface area contributed by atoms with Gasteiger partial charge in [-0.25, -0.2) is 0 Å². The Balaban J connectivity index is 1.71. The fraction of sp³-hybridized carbons (Fsp3) is 0.524. The number of fused-ring (bicyclic) bond motifs is 14. The Kier molecular flexibility index (Phi) is 13.5. The van der Waals surface area contributed by atoms with Crippen molar-refractivity contribution < 1.29 is 63.6 Å². The molecule has 0 spiro atoms. The van der Waals surface area contributed by atoms with Crippen LogP contribution in [0.25, 0.3) is 10.8 Å². The molecule has 58 heavy (non-hydrogen) atoms. The van der Waals surface area contributed by atoms with Crippen LogP contribution in [0.5, 0.6) is 23.0 Å². The van der Waals surface area contributed by atoms with Gasteiger partial charge in [-0.05, 0) is 19.9 Å². The van der Waals surface area contributed by atoms with E-state index in [0.717, 1.165) is 0 Å². The molecule has 1 fully saturated rings. The van der Waals surface area contributed by atoms with Crippen LogP contribution in [0, 0.1) is 30.6 Å². The molecule has 9 atom stereocenters. The van der Waals surface area contributed by atoms with Crippen LogP contribution >= 0.6 is 0 Å². The first-order valence-electron chi connectivity index (χ1n) is 19.3. The molecule has 1 saturated heterocycles. The molecular formula is C42H55N3O13. The van der Waals surface area contributed by atoms with E-state index in [9.17, 15) is 39.9 Å². The van der Waals surface area contributed by atoms with Crippen molar-refractivity contribution in [2.75, 3.05) is 38.7 Å². The Morgan fingerprint density at radius 2 is 1.64 bits per heavy atom. The number of esters is 1. The number of rotatable bonds is 4. The number of amides is 1. The molecule has 4 aliphatic heterocycles. The minimum absolute atomic E-state index is 0.0475. The highest BCUT2D eigenvalue weighted by Crippen LogP contribution is 2.55. The standard InChI is InChI=1S/C42H55N3O13/c1-20-11-10-12-21(2)41(53)44-32-27(19-43-45-14-17-55-18-15-45)36(50)29-30(37(32)51)35(49)25(6)39-31(29)40(52)42(8,58-39)56-16-13-28(54-9)22(3)38(57-26(7)46)24(5)34(48)23(4)33(20)47/h10-13,16,19-20,22-24,28,33-34,38,47-51H,14-15,17-18H2,1-9H3,(H,44,53)/b11-10+,16-13+,21-12-,43-19-/t20-,22+,23+,24+,28-,33-,34+,38+,42-/m0/s1. The number of aromatic hydroxyl groups is 3. The van der Waals surface area contributed by atoms with Crippen LogP contribution in [-0.4, -0.2) is 118 Å². The number of hydrogen-bond acceptors (Lipinski definition) is 15.